The zero-order valence-corrected chi connectivity index (χ0v) is 13.1. The zero-order valence-electron chi connectivity index (χ0n) is 10.7. The molecule has 0 spiro atoms. The van der Waals surface area contributed by atoms with Crippen molar-refractivity contribution in [3.63, 3.8) is 0 Å². The summed E-state index contributed by atoms with van der Waals surface area (Å²) < 4.78 is 27.6. The first-order valence-corrected chi connectivity index (χ1v) is 8.23. The molecule has 1 rings (SSSR count). The van der Waals surface area contributed by atoms with Gasteiger partial charge in [0.2, 0.25) is 0 Å². The van der Waals surface area contributed by atoms with Crippen LogP contribution in [0.2, 0.25) is 5.02 Å². The molecule has 0 saturated carbocycles. The maximum Gasteiger partial charge on any atom is 0.338 e. The van der Waals surface area contributed by atoms with Gasteiger partial charge in [0.1, 0.15) is 0 Å². The number of hydrogen-bond acceptors (Lipinski definition) is 4. The molecule has 0 bridgehead atoms. The van der Waals surface area contributed by atoms with Crippen molar-refractivity contribution in [3.8, 4) is 0 Å². The van der Waals surface area contributed by atoms with Gasteiger partial charge < -0.3 is 4.74 Å². The third kappa shape index (κ3) is 4.37. The van der Waals surface area contributed by atoms with Gasteiger partial charge in [0, 0.05) is 15.7 Å². The van der Waals surface area contributed by atoms with Crippen molar-refractivity contribution in [3.05, 3.63) is 28.3 Å². The van der Waals surface area contributed by atoms with Crippen molar-refractivity contribution in [2.45, 2.75) is 25.7 Å². The third-order valence-corrected chi connectivity index (χ3v) is 4.09. The number of rotatable bonds is 4. The van der Waals surface area contributed by atoms with E-state index in [4.69, 9.17) is 27.0 Å². The predicted molar refractivity (Wildman–Crippen MR) is 74.3 cm³/mol. The summed E-state index contributed by atoms with van der Waals surface area (Å²) in [7, 11) is 1.30. The first kappa shape index (κ1) is 16.3. The fourth-order valence-corrected chi connectivity index (χ4v) is 2.40. The largest absolute Gasteiger partial charge is 0.462 e. The average Bonchev–Trinajstić information content (AvgIpc) is 2.27. The molecule has 0 unspecified atom stereocenters. The van der Waals surface area contributed by atoms with Gasteiger partial charge in [0.15, 0.2) is 0 Å². The highest BCUT2D eigenvalue weighted by Gasteiger charge is 2.19. The normalized spacial score (nSPS) is 11.7. The second-order valence-corrected chi connectivity index (χ2v) is 7.48. The van der Waals surface area contributed by atoms with E-state index in [0.29, 0.717) is 5.56 Å². The van der Waals surface area contributed by atoms with Gasteiger partial charge in [-0.1, -0.05) is 25.4 Å². The standard InChI is InChI=1S/C12H14Cl2O4S/c1-7(2)6-18-12(15)10-4-9(19(14,16)17)5-11(13)8(10)3/h4-5,7H,6H2,1-3H3. The van der Waals surface area contributed by atoms with Crippen LogP contribution in [0.5, 0.6) is 0 Å². The summed E-state index contributed by atoms with van der Waals surface area (Å²) in [5, 5.41) is 0.151. The second kappa shape index (κ2) is 6.11. The van der Waals surface area contributed by atoms with Crippen molar-refractivity contribution < 1.29 is 17.9 Å². The summed E-state index contributed by atoms with van der Waals surface area (Å²) in [5.74, 6) is -0.435. The van der Waals surface area contributed by atoms with Gasteiger partial charge >= 0.3 is 5.97 Å². The lowest BCUT2D eigenvalue weighted by Gasteiger charge is -2.11. The highest BCUT2D eigenvalue weighted by atomic mass is 35.7. The minimum absolute atomic E-state index is 0.104. The van der Waals surface area contributed by atoms with Gasteiger partial charge in [-0.2, -0.15) is 0 Å². The number of halogens is 2. The Bertz CT molecular complexity index is 594. The summed E-state index contributed by atoms with van der Waals surface area (Å²) >= 11 is 5.90. The lowest BCUT2D eigenvalue weighted by Crippen LogP contribution is -2.12. The molecule has 1 aromatic rings. The van der Waals surface area contributed by atoms with E-state index >= 15 is 0 Å². The molecule has 0 radical (unpaired) electrons. The zero-order chi connectivity index (χ0) is 14.8. The molecule has 0 aliphatic heterocycles. The molecule has 106 valence electrons. The van der Waals surface area contributed by atoms with Crippen LogP contribution in [0, 0.1) is 12.8 Å². The summed E-state index contributed by atoms with van der Waals surface area (Å²) in [6, 6.07) is 2.38. The second-order valence-electron chi connectivity index (χ2n) is 4.51. The lowest BCUT2D eigenvalue weighted by atomic mass is 10.1. The number of esters is 1. The van der Waals surface area contributed by atoms with E-state index in [0.717, 1.165) is 0 Å². The van der Waals surface area contributed by atoms with Gasteiger partial charge in [-0.3, -0.25) is 0 Å². The topological polar surface area (TPSA) is 60.4 Å². The van der Waals surface area contributed by atoms with Crippen molar-refractivity contribution >= 4 is 37.3 Å². The van der Waals surface area contributed by atoms with Crippen LogP contribution in [0.1, 0.15) is 29.8 Å². The molecule has 7 heteroatoms. The maximum absolute atomic E-state index is 11.9. The summed E-state index contributed by atoms with van der Waals surface area (Å²) in [5.41, 5.74) is 0.562. The van der Waals surface area contributed by atoms with E-state index in [1.807, 2.05) is 13.8 Å². The minimum atomic E-state index is -3.95. The van der Waals surface area contributed by atoms with Crippen molar-refractivity contribution in [2.75, 3.05) is 6.61 Å². The van der Waals surface area contributed by atoms with Crippen LogP contribution in [-0.4, -0.2) is 21.0 Å². The highest BCUT2D eigenvalue weighted by Crippen LogP contribution is 2.27. The third-order valence-electron chi connectivity index (χ3n) is 2.37. The smallest absolute Gasteiger partial charge is 0.338 e. The van der Waals surface area contributed by atoms with Crippen molar-refractivity contribution in [1.29, 1.82) is 0 Å². The van der Waals surface area contributed by atoms with Gasteiger partial charge in [-0.25, -0.2) is 13.2 Å². The Morgan fingerprint density at radius 3 is 2.42 bits per heavy atom. The quantitative estimate of drug-likeness (QED) is 0.629. The van der Waals surface area contributed by atoms with Crippen molar-refractivity contribution in [2.24, 2.45) is 5.92 Å². The van der Waals surface area contributed by atoms with Crippen LogP contribution >= 0.6 is 22.3 Å². The SMILES string of the molecule is Cc1c(Cl)cc(S(=O)(=O)Cl)cc1C(=O)OCC(C)C. The highest BCUT2D eigenvalue weighted by molar-refractivity contribution is 8.13. The first-order valence-electron chi connectivity index (χ1n) is 5.55. The van der Waals surface area contributed by atoms with E-state index in [-0.39, 0.29) is 28.0 Å². The first-order chi connectivity index (χ1) is 8.62. The molecule has 4 nitrogen and oxygen atoms in total. The average molecular weight is 325 g/mol. The monoisotopic (exact) mass is 324 g/mol. The summed E-state index contributed by atoms with van der Waals surface area (Å²) in [4.78, 5) is 11.7. The van der Waals surface area contributed by atoms with Crippen LogP contribution in [0.4, 0.5) is 0 Å². The number of ether oxygens (including phenoxy) is 1. The predicted octanol–water partition coefficient (Wildman–Crippen LogP) is 3.39. The van der Waals surface area contributed by atoms with Crippen LogP contribution in [0.25, 0.3) is 0 Å². The number of hydrogen-bond donors (Lipinski definition) is 0. The molecule has 0 atom stereocenters. The lowest BCUT2D eigenvalue weighted by molar-refractivity contribution is 0.0458. The molecule has 0 amide bonds. The molecule has 1 aromatic carbocycles. The summed E-state index contributed by atoms with van der Waals surface area (Å²) in [6.45, 7) is 5.65. The van der Waals surface area contributed by atoms with Gasteiger partial charge in [-0.15, -0.1) is 0 Å². The van der Waals surface area contributed by atoms with Gasteiger partial charge in [0.25, 0.3) is 9.05 Å². The van der Waals surface area contributed by atoms with E-state index in [1.165, 1.54) is 12.1 Å². The van der Waals surface area contributed by atoms with E-state index in [2.05, 4.69) is 0 Å². The van der Waals surface area contributed by atoms with Crippen LogP contribution < -0.4 is 0 Å². The fraction of sp³-hybridized carbons (Fsp3) is 0.417. The molecular formula is C12H14Cl2O4S. The molecule has 0 heterocycles. The Morgan fingerprint density at radius 1 is 1.37 bits per heavy atom. The van der Waals surface area contributed by atoms with Gasteiger partial charge in [0.05, 0.1) is 17.1 Å². The fourth-order valence-electron chi connectivity index (χ4n) is 1.33. The molecule has 0 aliphatic carbocycles. The van der Waals surface area contributed by atoms with Gasteiger partial charge in [-0.05, 0) is 30.5 Å². The molecule has 0 aliphatic rings. The molecule has 0 saturated heterocycles. The Morgan fingerprint density at radius 2 is 1.95 bits per heavy atom. The molecule has 0 fully saturated rings. The van der Waals surface area contributed by atoms with Crippen LogP contribution in [0.15, 0.2) is 17.0 Å². The number of benzene rings is 1. The number of carbonyl (C=O) groups excluding carboxylic acids is 1. The molecule has 0 N–H and O–H groups in total. The van der Waals surface area contributed by atoms with E-state index in [9.17, 15) is 13.2 Å². The number of carbonyl (C=O) groups is 1. The van der Waals surface area contributed by atoms with Crippen LogP contribution in [-0.2, 0) is 13.8 Å². The van der Waals surface area contributed by atoms with Crippen molar-refractivity contribution in [1.82, 2.24) is 0 Å². The van der Waals surface area contributed by atoms with E-state index < -0.39 is 15.0 Å². The Balaban J connectivity index is 3.20. The summed E-state index contributed by atoms with van der Waals surface area (Å²) in [6.07, 6.45) is 0. The molecule has 0 aromatic heterocycles. The molecule has 19 heavy (non-hydrogen) atoms. The Kier molecular flexibility index (Phi) is 5.24. The van der Waals surface area contributed by atoms with Crippen LogP contribution in [0.3, 0.4) is 0 Å². The minimum Gasteiger partial charge on any atom is -0.462 e. The Hall–Kier alpha value is -0.780. The molecular weight excluding hydrogens is 311 g/mol. The maximum atomic E-state index is 11.9. The van der Waals surface area contributed by atoms with E-state index in [1.54, 1.807) is 6.92 Å². The Labute approximate surface area is 122 Å².